The Hall–Kier alpha value is -3.71. The fourth-order valence-corrected chi connectivity index (χ4v) is 5.00. The minimum absolute atomic E-state index is 0.175. The maximum atomic E-state index is 12.3. The van der Waals surface area contributed by atoms with Crippen molar-refractivity contribution in [2.45, 2.75) is 45.1 Å². The molecule has 176 valence electrons. The molecule has 0 spiro atoms. The Labute approximate surface area is 209 Å². The van der Waals surface area contributed by atoms with Crippen molar-refractivity contribution in [1.82, 2.24) is 25.7 Å². The molecule has 2 aromatic heterocycles. The van der Waals surface area contributed by atoms with E-state index in [4.69, 9.17) is 0 Å². The second-order valence-electron chi connectivity index (χ2n) is 8.76. The van der Waals surface area contributed by atoms with E-state index in [2.05, 4.69) is 62.1 Å². The quantitative estimate of drug-likeness (QED) is 0.322. The maximum Gasteiger partial charge on any atom is 0.282 e. The standard InChI is InChI=1S/C28H27N5OS/c34-27(29-19-21-11-5-2-6-12-21)28-33-32-26(35-28)14-8-7-13-24-18-23-16-22(17-25(23)31-30-24)15-20-9-3-1-4-10-20/h1-6,9-12,16,18H,7-8,13-15,17,19H2,(H,29,34). The molecule has 2 aromatic carbocycles. The molecule has 7 heteroatoms. The first-order valence-electron chi connectivity index (χ1n) is 12.0. The molecule has 1 aliphatic carbocycles. The number of carbonyl (C=O) groups is 1. The van der Waals surface area contributed by atoms with Gasteiger partial charge in [0.05, 0.1) is 11.4 Å². The van der Waals surface area contributed by atoms with Crippen LogP contribution in [0.2, 0.25) is 0 Å². The van der Waals surface area contributed by atoms with Crippen LogP contribution < -0.4 is 5.32 Å². The lowest BCUT2D eigenvalue weighted by molar-refractivity contribution is 0.0950. The van der Waals surface area contributed by atoms with Crippen LogP contribution in [0.4, 0.5) is 0 Å². The van der Waals surface area contributed by atoms with Gasteiger partial charge in [0.2, 0.25) is 5.01 Å². The predicted molar refractivity (Wildman–Crippen MR) is 138 cm³/mol. The second kappa shape index (κ2) is 11.1. The molecule has 5 rings (SSSR count). The number of fused-ring (bicyclic) bond motifs is 1. The number of rotatable bonds is 10. The van der Waals surface area contributed by atoms with Crippen molar-refractivity contribution in [3.05, 3.63) is 110 Å². The van der Waals surface area contributed by atoms with E-state index in [0.717, 1.165) is 60.5 Å². The summed E-state index contributed by atoms with van der Waals surface area (Å²) in [6, 6.07) is 22.6. The number of nitrogens with one attached hydrogen (secondary N) is 1. The highest BCUT2D eigenvalue weighted by molar-refractivity contribution is 7.13. The van der Waals surface area contributed by atoms with Gasteiger partial charge in [0.15, 0.2) is 0 Å². The molecule has 0 bridgehead atoms. The van der Waals surface area contributed by atoms with E-state index < -0.39 is 0 Å². The van der Waals surface area contributed by atoms with Gasteiger partial charge in [-0.1, -0.05) is 83.6 Å². The number of amides is 1. The van der Waals surface area contributed by atoms with Crippen LogP contribution in [-0.2, 0) is 32.2 Å². The van der Waals surface area contributed by atoms with Gasteiger partial charge >= 0.3 is 0 Å². The van der Waals surface area contributed by atoms with Gasteiger partial charge < -0.3 is 5.32 Å². The zero-order chi connectivity index (χ0) is 23.9. The van der Waals surface area contributed by atoms with Gasteiger partial charge in [-0.25, -0.2) is 0 Å². The van der Waals surface area contributed by atoms with Crippen molar-refractivity contribution in [2.24, 2.45) is 0 Å². The van der Waals surface area contributed by atoms with E-state index in [-0.39, 0.29) is 5.91 Å². The summed E-state index contributed by atoms with van der Waals surface area (Å²) in [5, 5.41) is 21.4. The van der Waals surface area contributed by atoms with Crippen LogP contribution in [0.5, 0.6) is 0 Å². The van der Waals surface area contributed by atoms with Gasteiger partial charge in [-0.15, -0.1) is 10.2 Å². The van der Waals surface area contributed by atoms with E-state index >= 15 is 0 Å². The fraction of sp³-hybridized carbons (Fsp3) is 0.250. The highest BCUT2D eigenvalue weighted by Crippen LogP contribution is 2.26. The smallest absolute Gasteiger partial charge is 0.282 e. The first-order chi connectivity index (χ1) is 17.2. The predicted octanol–water partition coefficient (Wildman–Crippen LogP) is 5.01. The fourth-order valence-electron chi connectivity index (χ4n) is 4.20. The number of allylic oxidation sites excluding steroid dienone is 1. The molecule has 4 aromatic rings. The minimum atomic E-state index is -0.175. The number of aryl methyl sites for hydroxylation is 2. The van der Waals surface area contributed by atoms with E-state index in [1.165, 1.54) is 28.0 Å². The molecule has 6 nitrogen and oxygen atoms in total. The van der Waals surface area contributed by atoms with E-state index in [9.17, 15) is 4.79 Å². The van der Waals surface area contributed by atoms with Crippen molar-refractivity contribution in [3.8, 4) is 0 Å². The van der Waals surface area contributed by atoms with Crippen molar-refractivity contribution in [2.75, 3.05) is 0 Å². The Kier molecular flexibility index (Phi) is 7.34. The molecule has 0 unspecified atom stereocenters. The molecule has 0 fully saturated rings. The highest BCUT2D eigenvalue weighted by Gasteiger charge is 2.16. The molecule has 0 atom stereocenters. The molecule has 0 saturated carbocycles. The van der Waals surface area contributed by atoms with E-state index in [1.807, 2.05) is 36.4 Å². The summed E-state index contributed by atoms with van der Waals surface area (Å²) in [7, 11) is 0. The molecular weight excluding hydrogens is 454 g/mol. The molecule has 0 radical (unpaired) electrons. The molecule has 0 saturated heterocycles. The first-order valence-corrected chi connectivity index (χ1v) is 12.8. The van der Waals surface area contributed by atoms with Gasteiger partial charge in [0.25, 0.3) is 5.91 Å². The van der Waals surface area contributed by atoms with Crippen LogP contribution in [0.25, 0.3) is 6.08 Å². The lowest BCUT2D eigenvalue weighted by atomic mass is 10.0. The molecule has 1 amide bonds. The van der Waals surface area contributed by atoms with Gasteiger partial charge in [-0.3, -0.25) is 4.79 Å². The Morgan fingerprint density at radius 3 is 2.40 bits per heavy atom. The van der Waals surface area contributed by atoms with E-state index in [0.29, 0.717) is 11.6 Å². The third kappa shape index (κ3) is 6.25. The molecular formula is C28H27N5OS. The molecule has 0 aliphatic heterocycles. The third-order valence-electron chi connectivity index (χ3n) is 6.01. The number of carbonyl (C=O) groups excluding carboxylic acids is 1. The van der Waals surface area contributed by atoms with Crippen LogP contribution in [0.15, 0.2) is 72.3 Å². The number of aromatic nitrogens is 4. The summed E-state index contributed by atoms with van der Waals surface area (Å²) in [6.07, 6.45) is 7.76. The SMILES string of the molecule is O=C(NCc1ccccc1)c1nnc(CCCCc2cc3c(nn2)CC(Cc2ccccc2)=C3)s1. The van der Waals surface area contributed by atoms with Gasteiger partial charge in [0.1, 0.15) is 5.01 Å². The highest BCUT2D eigenvalue weighted by atomic mass is 32.1. The van der Waals surface area contributed by atoms with Gasteiger partial charge in [0, 0.05) is 19.4 Å². The number of hydrogen-bond donors (Lipinski definition) is 1. The third-order valence-corrected chi connectivity index (χ3v) is 6.99. The van der Waals surface area contributed by atoms with Crippen LogP contribution >= 0.6 is 11.3 Å². The average molecular weight is 482 g/mol. The molecule has 1 aliphatic rings. The number of benzene rings is 2. The summed E-state index contributed by atoms with van der Waals surface area (Å²) in [4.78, 5) is 12.3. The zero-order valence-corrected chi connectivity index (χ0v) is 20.3. The average Bonchev–Trinajstić information content (AvgIpc) is 3.53. The van der Waals surface area contributed by atoms with Crippen LogP contribution in [0.3, 0.4) is 0 Å². The Morgan fingerprint density at radius 2 is 1.60 bits per heavy atom. The van der Waals surface area contributed by atoms with Crippen LogP contribution in [0, 0.1) is 0 Å². The van der Waals surface area contributed by atoms with Crippen LogP contribution in [0.1, 0.15) is 55.7 Å². The van der Waals surface area contributed by atoms with Crippen LogP contribution in [-0.4, -0.2) is 26.3 Å². The largest absolute Gasteiger partial charge is 0.346 e. The summed E-state index contributed by atoms with van der Waals surface area (Å²) in [5.41, 5.74) is 7.08. The summed E-state index contributed by atoms with van der Waals surface area (Å²) in [5.74, 6) is -0.175. The maximum absolute atomic E-state index is 12.3. The van der Waals surface area contributed by atoms with Crippen molar-refractivity contribution < 1.29 is 4.79 Å². The Balaban J connectivity index is 1.07. The van der Waals surface area contributed by atoms with E-state index in [1.54, 1.807) is 0 Å². The van der Waals surface area contributed by atoms with Crippen molar-refractivity contribution in [3.63, 3.8) is 0 Å². The second-order valence-corrected chi connectivity index (χ2v) is 9.82. The lowest BCUT2D eigenvalue weighted by Crippen LogP contribution is -2.22. The van der Waals surface area contributed by atoms with Crippen molar-refractivity contribution >= 4 is 23.3 Å². The van der Waals surface area contributed by atoms with Gasteiger partial charge in [-0.05, 0) is 48.4 Å². The summed E-state index contributed by atoms with van der Waals surface area (Å²) < 4.78 is 0. The van der Waals surface area contributed by atoms with Crippen molar-refractivity contribution in [1.29, 1.82) is 0 Å². The Morgan fingerprint density at radius 1 is 0.857 bits per heavy atom. The van der Waals surface area contributed by atoms with Gasteiger partial charge in [-0.2, -0.15) is 10.2 Å². The Bertz CT molecular complexity index is 1320. The topological polar surface area (TPSA) is 80.7 Å². The normalized spacial score (nSPS) is 12.3. The molecule has 35 heavy (non-hydrogen) atoms. The first kappa shape index (κ1) is 23.1. The summed E-state index contributed by atoms with van der Waals surface area (Å²) in [6.45, 7) is 0.485. The number of hydrogen-bond acceptors (Lipinski definition) is 6. The molecule has 1 N–H and O–H groups in total. The monoisotopic (exact) mass is 481 g/mol. The summed E-state index contributed by atoms with van der Waals surface area (Å²) >= 11 is 1.37. The zero-order valence-electron chi connectivity index (χ0n) is 19.5. The molecule has 2 heterocycles. The minimum Gasteiger partial charge on any atom is -0.346 e. The number of nitrogens with zero attached hydrogens (tertiary/aromatic N) is 4. The lowest BCUT2D eigenvalue weighted by Gasteiger charge is -2.03. The number of unbranched alkanes of at least 4 members (excludes halogenated alkanes) is 1.